The molecule has 3 aromatic rings. The van der Waals surface area contributed by atoms with Crippen LogP contribution in [0.1, 0.15) is 20.2 Å². The summed E-state index contributed by atoms with van der Waals surface area (Å²) in [4.78, 5) is 28.6. The first kappa shape index (κ1) is 14.1. The molecule has 0 aliphatic heterocycles. The lowest BCUT2D eigenvalue weighted by Gasteiger charge is -2.03. The zero-order valence-corrected chi connectivity index (χ0v) is 12.2. The molecule has 0 radical (unpaired) electrons. The number of rotatable bonds is 4. The molecule has 3 aromatic heterocycles. The third kappa shape index (κ3) is 2.79. The van der Waals surface area contributed by atoms with E-state index in [0.29, 0.717) is 28.9 Å². The van der Waals surface area contributed by atoms with Crippen molar-refractivity contribution in [3.05, 3.63) is 33.8 Å². The summed E-state index contributed by atoms with van der Waals surface area (Å²) in [7, 11) is 0. The third-order valence-electron chi connectivity index (χ3n) is 3.00. The minimum atomic E-state index is -0.913. The monoisotopic (exact) mass is 316 g/mol. The number of thiophene rings is 1. The number of aromatic carboxylic acids is 1. The van der Waals surface area contributed by atoms with Gasteiger partial charge in [-0.2, -0.15) is 9.97 Å². The standard InChI is InChI=1S/C13H12N6O2S/c14-10-9-11(19-13(15)18-10)16-5-6(17-9)1-2-7-3-4-8(22-7)12(20)21/h3-5H,1-2H2,(H,20,21)(H4,14,15,16,18,19). The summed E-state index contributed by atoms with van der Waals surface area (Å²) in [5.74, 6) is -0.655. The van der Waals surface area contributed by atoms with E-state index in [1.165, 1.54) is 11.3 Å². The highest BCUT2D eigenvalue weighted by atomic mass is 32.1. The Bertz CT molecular complexity index is 863. The fourth-order valence-corrected chi connectivity index (χ4v) is 2.83. The second-order valence-electron chi connectivity index (χ2n) is 4.57. The molecule has 0 spiro atoms. The van der Waals surface area contributed by atoms with Crippen LogP contribution in [0.2, 0.25) is 0 Å². The molecule has 0 unspecified atom stereocenters. The molecule has 9 heteroatoms. The molecule has 0 saturated carbocycles. The van der Waals surface area contributed by atoms with E-state index >= 15 is 0 Å². The van der Waals surface area contributed by atoms with E-state index < -0.39 is 5.97 Å². The van der Waals surface area contributed by atoms with Gasteiger partial charge in [-0.1, -0.05) is 0 Å². The molecule has 0 saturated heterocycles. The van der Waals surface area contributed by atoms with Gasteiger partial charge in [0.2, 0.25) is 5.95 Å². The van der Waals surface area contributed by atoms with Gasteiger partial charge in [0.05, 0.1) is 11.9 Å². The van der Waals surface area contributed by atoms with E-state index in [-0.39, 0.29) is 11.8 Å². The lowest BCUT2D eigenvalue weighted by molar-refractivity contribution is 0.0702. The van der Waals surface area contributed by atoms with Crippen molar-refractivity contribution in [3.63, 3.8) is 0 Å². The topological polar surface area (TPSA) is 141 Å². The lowest BCUT2D eigenvalue weighted by atomic mass is 10.2. The van der Waals surface area contributed by atoms with Crippen LogP contribution in [0.4, 0.5) is 11.8 Å². The smallest absolute Gasteiger partial charge is 0.345 e. The van der Waals surface area contributed by atoms with Crippen LogP contribution in [-0.2, 0) is 12.8 Å². The Kier molecular flexibility index (Phi) is 3.55. The second kappa shape index (κ2) is 5.53. The number of aryl methyl sites for hydroxylation is 2. The highest BCUT2D eigenvalue weighted by Crippen LogP contribution is 2.19. The number of carbonyl (C=O) groups is 1. The van der Waals surface area contributed by atoms with Crippen LogP contribution in [-0.4, -0.2) is 31.0 Å². The van der Waals surface area contributed by atoms with Crippen molar-refractivity contribution in [1.82, 2.24) is 19.9 Å². The van der Waals surface area contributed by atoms with Crippen molar-refractivity contribution in [3.8, 4) is 0 Å². The molecular weight excluding hydrogens is 304 g/mol. The van der Waals surface area contributed by atoms with E-state index in [0.717, 1.165) is 10.6 Å². The number of nitrogens with two attached hydrogens (primary N) is 2. The van der Waals surface area contributed by atoms with Crippen molar-refractivity contribution < 1.29 is 9.90 Å². The predicted octanol–water partition coefficient (Wildman–Crippen LogP) is 1.13. The fraction of sp³-hybridized carbons (Fsp3) is 0.154. The summed E-state index contributed by atoms with van der Waals surface area (Å²) < 4.78 is 0. The molecule has 0 aliphatic rings. The van der Waals surface area contributed by atoms with Crippen LogP contribution < -0.4 is 11.5 Å². The van der Waals surface area contributed by atoms with Crippen molar-refractivity contribution in [2.45, 2.75) is 12.8 Å². The quantitative estimate of drug-likeness (QED) is 0.650. The summed E-state index contributed by atoms with van der Waals surface area (Å²) in [6, 6.07) is 3.41. The predicted molar refractivity (Wildman–Crippen MR) is 82.6 cm³/mol. The average molecular weight is 316 g/mol. The maximum atomic E-state index is 10.8. The summed E-state index contributed by atoms with van der Waals surface area (Å²) >= 11 is 1.26. The maximum absolute atomic E-state index is 10.8. The molecule has 3 rings (SSSR count). The largest absolute Gasteiger partial charge is 0.477 e. The van der Waals surface area contributed by atoms with Crippen LogP contribution in [0, 0.1) is 0 Å². The molecule has 5 N–H and O–H groups in total. The maximum Gasteiger partial charge on any atom is 0.345 e. The third-order valence-corrected chi connectivity index (χ3v) is 4.13. The lowest BCUT2D eigenvalue weighted by Crippen LogP contribution is -2.04. The van der Waals surface area contributed by atoms with Gasteiger partial charge in [-0.05, 0) is 25.0 Å². The van der Waals surface area contributed by atoms with Gasteiger partial charge in [-0.15, -0.1) is 11.3 Å². The van der Waals surface area contributed by atoms with Crippen molar-refractivity contribution >= 4 is 40.2 Å². The van der Waals surface area contributed by atoms with Gasteiger partial charge >= 0.3 is 5.97 Å². The number of fused-ring (bicyclic) bond motifs is 1. The summed E-state index contributed by atoms with van der Waals surface area (Å²) in [6.07, 6.45) is 2.90. The summed E-state index contributed by atoms with van der Waals surface area (Å²) in [6.45, 7) is 0. The molecule has 0 atom stereocenters. The second-order valence-corrected chi connectivity index (χ2v) is 5.74. The summed E-state index contributed by atoms with van der Waals surface area (Å²) in [5, 5.41) is 8.90. The first-order chi connectivity index (χ1) is 10.5. The van der Waals surface area contributed by atoms with E-state index in [1.807, 2.05) is 0 Å². The van der Waals surface area contributed by atoms with Gasteiger partial charge in [0.25, 0.3) is 0 Å². The van der Waals surface area contributed by atoms with Gasteiger partial charge in [0.1, 0.15) is 4.88 Å². The number of hydrogen-bond acceptors (Lipinski definition) is 8. The molecule has 0 aromatic carbocycles. The van der Waals surface area contributed by atoms with Crippen LogP contribution in [0.15, 0.2) is 18.3 Å². The van der Waals surface area contributed by atoms with E-state index in [1.54, 1.807) is 18.3 Å². The Labute approximate surface area is 128 Å². The fourth-order valence-electron chi connectivity index (χ4n) is 1.98. The van der Waals surface area contributed by atoms with Crippen molar-refractivity contribution in [2.24, 2.45) is 0 Å². The number of hydrogen-bond donors (Lipinski definition) is 3. The van der Waals surface area contributed by atoms with Gasteiger partial charge in [0.15, 0.2) is 17.0 Å². The Morgan fingerprint density at radius 1 is 1.18 bits per heavy atom. The molecule has 112 valence electrons. The number of aromatic nitrogens is 4. The SMILES string of the molecule is Nc1nc(N)c2nc(CCc3ccc(C(=O)O)s3)cnc2n1. The minimum absolute atomic E-state index is 0.0619. The van der Waals surface area contributed by atoms with Gasteiger partial charge in [-0.3, -0.25) is 0 Å². The molecular formula is C13H12N6O2S. The number of nitrogens with zero attached hydrogens (tertiary/aromatic N) is 4. The van der Waals surface area contributed by atoms with E-state index in [2.05, 4.69) is 19.9 Å². The van der Waals surface area contributed by atoms with Crippen LogP contribution in [0.3, 0.4) is 0 Å². The van der Waals surface area contributed by atoms with Crippen molar-refractivity contribution in [1.29, 1.82) is 0 Å². The zero-order chi connectivity index (χ0) is 15.7. The Balaban J connectivity index is 1.80. The zero-order valence-electron chi connectivity index (χ0n) is 11.4. The highest BCUT2D eigenvalue weighted by molar-refractivity contribution is 7.13. The Morgan fingerprint density at radius 3 is 2.73 bits per heavy atom. The minimum Gasteiger partial charge on any atom is -0.477 e. The molecule has 8 nitrogen and oxygen atoms in total. The van der Waals surface area contributed by atoms with Gasteiger partial charge in [-0.25, -0.2) is 14.8 Å². The molecule has 0 amide bonds. The van der Waals surface area contributed by atoms with E-state index in [4.69, 9.17) is 16.6 Å². The molecule has 0 fully saturated rings. The molecule has 0 bridgehead atoms. The number of nitrogen functional groups attached to an aromatic ring is 2. The molecule has 3 heterocycles. The highest BCUT2D eigenvalue weighted by Gasteiger charge is 2.10. The molecule has 0 aliphatic carbocycles. The van der Waals surface area contributed by atoms with Crippen LogP contribution in [0.5, 0.6) is 0 Å². The normalized spacial score (nSPS) is 10.9. The van der Waals surface area contributed by atoms with E-state index in [9.17, 15) is 4.79 Å². The number of anilines is 2. The van der Waals surface area contributed by atoms with Crippen molar-refractivity contribution in [2.75, 3.05) is 11.5 Å². The molecule has 22 heavy (non-hydrogen) atoms. The van der Waals surface area contributed by atoms with Crippen LogP contribution in [0.25, 0.3) is 11.2 Å². The first-order valence-electron chi connectivity index (χ1n) is 6.39. The number of carboxylic acids is 1. The van der Waals surface area contributed by atoms with Crippen LogP contribution >= 0.6 is 11.3 Å². The Morgan fingerprint density at radius 2 is 2.00 bits per heavy atom. The number of carboxylic acid groups (broad SMARTS) is 1. The van der Waals surface area contributed by atoms with Gasteiger partial charge < -0.3 is 16.6 Å². The summed E-state index contributed by atoms with van der Waals surface area (Å²) in [5.41, 5.74) is 12.8. The average Bonchev–Trinajstić information content (AvgIpc) is 2.94. The first-order valence-corrected chi connectivity index (χ1v) is 7.21. The Hall–Kier alpha value is -2.81. The van der Waals surface area contributed by atoms with Gasteiger partial charge in [0, 0.05) is 4.88 Å².